The van der Waals surface area contributed by atoms with Crippen LogP contribution in [0, 0.1) is 6.92 Å². The van der Waals surface area contributed by atoms with Crippen LogP contribution in [0.1, 0.15) is 21.9 Å². The number of benzene rings is 1. The van der Waals surface area contributed by atoms with E-state index in [1.807, 2.05) is 25.1 Å². The Labute approximate surface area is 113 Å². The number of carbonyl (C=O) groups is 1. The number of anilines is 1. The molecule has 0 fully saturated rings. The Morgan fingerprint density at radius 1 is 1.39 bits per heavy atom. The molecule has 0 unspecified atom stereocenters. The summed E-state index contributed by atoms with van der Waals surface area (Å²) in [5.41, 5.74) is 7.24. The first-order chi connectivity index (χ1) is 8.60. The summed E-state index contributed by atoms with van der Waals surface area (Å²) in [5, 5.41) is 2.77. The van der Waals surface area contributed by atoms with Gasteiger partial charge in [-0.2, -0.15) is 0 Å². The molecule has 0 saturated heterocycles. The number of furan rings is 1. The van der Waals surface area contributed by atoms with Crippen molar-refractivity contribution in [1.29, 1.82) is 0 Å². The molecule has 1 aromatic heterocycles. The molecule has 2 rings (SSSR count). The molecule has 0 bridgehead atoms. The van der Waals surface area contributed by atoms with E-state index in [9.17, 15) is 4.79 Å². The molecule has 0 aliphatic rings. The fourth-order valence-corrected chi connectivity index (χ4v) is 2.11. The van der Waals surface area contributed by atoms with Gasteiger partial charge in [0.05, 0.1) is 12.2 Å². The van der Waals surface area contributed by atoms with Crippen LogP contribution in [0.5, 0.6) is 0 Å². The zero-order valence-corrected chi connectivity index (χ0v) is 11.5. The van der Waals surface area contributed by atoms with Gasteiger partial charge in [-0.1, -0.05) is 6.07 Å². The van der Waals surface area contributed by atoms with Gasteiger partial charge in [0.25, 0.3) is 5.91 Å². The Bertz CT molecular complexity index is 578. The van der Waals surface area contributed by atoms with Crippen molar-refractivity contribution in [2.75, 3.05) is 5.32 Å². The quantitative estimate of drug-likeness (QED) is 0.915. The normalized spacial score (nSPS) is 10.4. The number of hydrogen-bond acceptors (Lipinski definition) is 3. The zero-order valence-electron chi connectivity index (χ0n) is 9.87. The number of hydrogen-bond donors (Lipinski definition) is 2. The summed E-state index contributed by atoms with van der Waals surface area (Å²) < 4.78 is 6.11. The second-order valence-corrected chi connectivity index (χ2v) is 4.76. The minimum atomic E-state index is -0.292. The average molecular weight is 309 g/mol. The van der Waals surface area contributed by atoms with E-state index in [2.05, 4.69) is 21.2 Å². The molecule has 0 radical (unpaired) electrons. The highest BCUT2D eigenvalue weighted by Gasteiger charge is 2.12. The maximum atomic E-state index is 11.9. The number of carbonyl (C=O) groups excluding carboxylic acids is 1. The van der Waals surface area contributed by atoms with Crippen molar-refractivity contribution in [3.63, 3.8) is 0 Å². The van der Waals surface area contributed by atoms with Crippen LogP contribution in [0.4, 0.5) is 5.69 Å². The minimum Gasteiger partial charge on any atom is -0.455 e. The summed E-state index contributed by atoms with van der Waals surface area (Å²) in [7, 11) is 0. The first-order valence-corrected chi connectivity index (χ1v) is 6.25. The van der Waals surface area contributed by atoms with Crippen molar-refractivity contribution in [1.82, 2.24) is 0 Å². The maximum Gasteiger partial charge on any atom is 0.291 e. The molecule has 94 valence electrons. The standard InChI is InChI=1S/C13H13BrN2O2/c1-8-2-4-11(10(14)6-8)16-13(17)12-5-3-9(7-15)18-12/h2-6H,7,15H2,1H3,(H,16,17). The van der Waals surface area contributed by atoms with Gasteiger partial charge in [0, 0.05) is 4.47 Å². The lowest BCUT2D eigenvalue weighted by molar-refractivity contribution is 0.0995. The predicted molar refractivity (Wildman–Crippen MR) is 73.4 cm³/mol. The molecule has 3 N–H and O–H groups in total. The lowest BCUT2D eigenvalue weighted by Gasteiger charge is -2.06. The Morgan fingerprint density at radius 3 is 2.78 bits per heavy atom. The van der Waals surface area contributed by atoms with Gasteiger partial charge in [0.2, 0.25) is 0 Å². The summed E-state index contributed by atoms with van der Waals surface area (Å²) in [5.74, 6) is 0.547. The highest BCUT2D eigenvalue weighted by molar-refractivity contribution is 9.10. The molecule has 2 aromatic rings. The van der Waals surface area contributed by atoms with Gasteiger partial charge in [-0.25, -0.2) is 0 Å². The molecule has 5 heteroatoms. The summed E-state index contributed by atoms with van der Waals surface area (Å²) in [4.78, 5) is 11.9. The third-order valence-corrected chi connectivity index (χ3v) is 3.12. The van der Waals surface area contributed by atoms with Crippen LogP contribution in [0.15, 0.2) is 39.2 Å². The van der Waals surface area contributed by atoms with E-state index in [-0.39, 0.29) is 18.2 Å². The lowest BCUT2D eigenvalue weighted by atomic mass is 10.2. The van der Waals surface area contributed by atoms with Crippen LogP contribution in [-0.4, -0.2) is 5.91 Å². The number of aryl methyl sites for hydroxylation is 1. The van der Waals surface area contributed by atoms with Crippen molar-refractivity contribution in [3.05, 3.63) is 51.9 Å². The van der Waals surface area contributed by atoms with E-state index in [0.29, 0.717) is 11.4 Å². The van der Waals surface area contributed by atoms with Crippen LogP contribution in [0.25, 0.3) is 0 Å². The molecule has 1 aromatic carbocycles. The second-order valence-electron chi connectivity index (χ2n) is 3.91. The van der Waals surface area contributed by atoms with E-state index in [0.717, 1.165) is 10.0 Å². The number of nitrogens with two attached hydrogens (primary N) is 1. The van der Waals surface area contributed by atoms with E-state index in [1.54, 1.807) is 12.1 Å². The second kappa shape index (κ2) is 5.37. The maximum absolute atomic E-state index is 11.9. The van der Waals surface area contributed by atoms with Crippen LogP contribution >= 0.6 is 15.9 Å². The predicted octanol–water partition coefficient (Wildman–Crippen LogP) is 3.06. The number of amides is 1. The fourth-order valence-electron chi connectivity index (χ4n) is 1.52. The van der Waals surface area contributed by atoms with Crippen molar-refractivity contribution < 1.29 is 9.21 Å². The summed E-state index contributed by atoms with van der Waals surface area (Å²) in [6, 6.07) is 9.00. The molecular formula is C13H13BrN2O2. The van der Waals surface area contributed by atoms with Gasteiger partial charge in [0.1, 0.15) is 5.76 Å². The largest absolute Gasteiger partial charge is 0.455 e. The molecule has 0 atom stereocenters. The number of rotatable bonds is 3. The van der Waals surface area contributed by atoms with Gasteiger partial charge >= 0.3 is 0 Å². The molecule has 0 aliphatic heterocycles. The number of halogens is 1. The van der Waals surface area contributed by atoms with E-state index >= 15 is 0 Å². The first-order valence-electron chi connectivity index (χ1n) is 5.46. The third kappa shape index (κ3) is 2.80. The van der Waals surface area contributed by atoms with E-state index in [4.69, 9.17) is 10.2 Å². The van der Waals surface area contributed by atoms with Crippen molar-refractivity contribution in [2.45, 2.75) is 13.5 Å². The van der Waals surface area contributed by atoms with Gasteiger partial charge < -0.3 is 15.5 Å². The van der Waals surface area contributed by atoms with E-state index in [1.165, 1.54) is 0 Å². The topological polar surface area (TPSA) is 68.3 Å². The lowest BCUT2D eigenvalue weighted by Crippen LogP contribution is -2.11. The summed E-state index contributed by atoms with van der Waals surface area (Å²) in [6.07, 6.45) is 0. The third-order valence-electron chi connectivity index (χ3n) is 2.46. The number of nitrogens with one attached hydrogen (secondary N) is 1. The molecule has 0 aliphatic carbocycles. The average Bonchev–Trinajstić information content (AvgIpc) is 2.81. The Hall–Kier alpha value is -1.59. The smallest absolute Gasteiger partial charge is 0.291 e. The van der Waals surface area contributed by atoms with E-state index < -0.39 is 0 Å². The molecule has 1 amide bonds. The molecule has 1 heterocycles. The van der Waals surface area contributed by atoms with Gasteiger partial charge in [-0.3, -0.25) is 4.79 Å². The summed E-state index contributed by atoms with van der Waals surface area (Å²) in [6.45, 7) is 2.26. The highest BCUT2D eigenvalue weighted by atomic mass is 79.9. The highest BCUT2D eigenvalue weighted by Crippen LogP contribution is 2.24. The first kappa shape index (κ1) is 12.9. The Balaban J connectivity index is 2.16. The molecule has 18 heavy (non-hydrogen) atoms. The van der Waals surface area contributed by atoms with Crippen LogP contribution in [0.2, 0.25) is 0 Å². The van der Waals surface area contributed by atoms with Crippen LogP contribution in [-0.2, 0) is 6.54 Å². The summed E-state index contributed by atoms with van der Waals surface area (Å²) >= 11 is 3.40. The van der Waals surface area contributed by atoms with Gasteiger partial charge in [-0.05, 0) is 52.7 Å². The molecular weight excluding hydrogens is 296 g/mol. The Kier molecular flexibility index (Phi) is 3.84. The molecule has 0 spiro atoms. The fraction of sp³-hybridized carbons (Fsp3) is 0.154. The minimum absolute atomic E-state index is 0.253. The van der Waals surface area contributed by atoms with Crippen molar-refractivity contribution in [2.24, 2.45) is 5.73 Å². The van der Waals surface area contributed by atoms with Crippen molar-refractivity contribution >= 4 is 27.5 Å². The Morgan fingerprint density at radius 2 is 2.17 bits per heavy atom. The van der Waals surface area contributed by atoms with Gasteiger partial charge in [0.15, 0.2) is 5.76 Å². The van der Waals surface area contributed by atoms with Gasteiger partial charge in [-0.15, -0.1) is 0 Å². The molecule has 0 saturated carbocycles. The molecule has 4 nitrogen and oxygen atoms in total. The van der Waals surface area contributed by atoms with Crippen LogP contribution in [0.3, 0.4) is 0 Å². The zero-order chi connectivity index (χ0) is 13.1. The van der Waals surface area contributed by atoms with Crippen LogP contribution < -0.4 is 11.1 Å². The van der Waals surface area contributed by atoms with Crippen molar-refractivity contribution in [3.8, 4) is 0 Å². The SMILES string of the molecule is Cc1ccc(NC(=O)c2ccc(CN)o2)c(Br)c1. The monoisotopic (exact) mass is 308 g/mol.